The van der Waals surface area contributed by atoms with Crippen LogP contribution in [0.5, 0.6) is 0 Å². The van der Waals surface area contributed by atoms with Crippen LogP contribution in [0.1, 0.15) is 50.5 Å². The number of fused-ring (bicyclic) bond motifs is 2. The van der Waals surface area contributed by atoms with Gasteiger partial charge in [0, 0.05) is 18.6 Å². The van der Waals surface area contributed by atoms with Gasteiger partial charge in [-0.1, -0.05) is 25.0 Å². The maximum Gasteiger partial charge on any atom is 0.123 e. The van der Waals surface area contributed by atoms with Crippen LogP contribution in [0.3, 0.4) is 0 Å². The zero-order chi connectivity index (χ0) is 15.7. The number of nitrogens with one attached hydrogen (secondary N) is 1. The van der Waals surface area contributed by atoms with E-state index in [0.717, 1.165) is 24.9 Å². The lowest BCUT2D eigenvalue weighted by Gasteiger charge is -2.40. The highest BCUT2D eigenvalue weighted by Gasteiger charge is 2.51. The number of hydrogen-bond donors (Lipinski definition) is 1. The molecule has 1 aliphatic heterocycles. The highest BCUT2D eigenvalue weighted by atomic mass is 19.1. The molecule has 1 heterocycles. The second kappa shape index (κ2) is 6.52. The summed E-state index contributed by atoms with van der Waals surface area (Å²) in [4.78, 5) is 2.60. The molecule has 3 atom stereocenters. The first-order valence-corrected chi connectivity index (χ1v) is 9.50. The Morgan fingerprint density at radius 3 is 2.52 bits per heavy atom. The normalized spacial score (nSPS) is 34.1. The third-order valence-electron chi connectivity index (χ3n) is 6.53. The van der Waals surface area contributed by atoms with Crippen LogP contribution >= 0.6 is 0 Å². The summed E-state index contributed by atoms with van der Waals surface area (Å²) in [5, 5.41) is 3.95. The third kappa shape index (κ3) is 3.06. The van der Waals surface area contributed by atoms with Crippen molar-refractivity contribution in [2.75, 3.05) is 26.2 Å². The van der Waals surface area contributed by atoms with Crippen LogP contribution in [0.15, 0.2) is 24.3 Å². The smallest absolute Gasteiger partial charge is 0.123 e. The van der Waals surface area contributed by atoms with Crippen molar-refractivity contribution in [3.8, 4) is 0 Å². The maximum absolute atomic E-state index is 13.4. The highest BCUT2D eigenvalue weighted by molar-refractivity contribution is 5.29. The van der Waals surface area contributed by atoms with Crippen molar-refractivity contribution in [3.05, 3.63) is 35.6 Å². The molecule has 1 saturated heterocycles. The molecule has 2 nitrogen and oxygen atoms in total. The van der Waals surface area contributed by atoms with Gasteiger partial charge in [-0.3, -0.25) is 0 Å². The lowest BCUT2D eigenvalue weighted by molar-refractivity contribution is 0.180. The Bertz CT molecular complexity index is 523. The van der Waals surface area contributed by atoms with E-state index in [-0.39, 0.29) is 11.4 Å². The van der Waals surface area contributed by atoms with Crippen molar-refractivity contribution in [2.45, 2.75) is 50.5 Å². The molecular weight excluding hydrogens is 287 g/mol. The number of halogens is 1. The van der Waals surface area contributed by atoms with Gasteiger partial charge in [0.25, 0.3) is 0 Å². The average Bonchev–Trinajstić information content (AvgIpc) is 3.18. The number of nitrogens with zero attached hydrogens (tertiary/aromatic N) is 1. The van der Waals surface area contributed by atoms with Crippen LogP contribution in [-0.4, -0.2) is 31.1 Å². The zero-order valence-corrected chi connectivity index (χ0v) is 14.1. The van der Waals surface area contributed by atoms with Gasteiger partial charge in [0.1, 0.15) is 5.82 Å². The van der Waals surface area contributed by atoms with E-state index in [9.17, 15) is 4.39 Å². The molecule has 23 heavy (non-hydrogen) atoms. The van der Waals surface area contributed by atoms with Crippen molar-refractivity contribution < 1.29 is 4.39 Å². The van der Waals surface area contributed by atoms with E-state index in [1.165, 1.54) is 63.6 Å². The summed E-state index contributed by atoms with van der Waals surface area (Å²) in [6.45, 7) is 4.73. The number of hydrogen-bond acceptors (Lipinski definition) is 2. The van der Waals surface area contributed by atoms with E-state index in [4.69, 9.17) is 0 Å². The largest absolute Gasteiger partial charge is 0.306 e. The minimum absolute atomic E-state index is 0.104. The SMILES string of the molecule is Fc1ccc([C@]2(NCCN3CCCCC3)C[C@H]3CC[C@@H]2C3)cc1. The van der Waals surface area contributed by atoms with E-state index in [1.807, 2.05) is 12.1 Å². The maximum atomic E-state index is 13.4. The molecule has 1 N–H and O–H groups in total. The Kier molecular flexibility index (Phi) is 4.42. The quantitative estimate of drug-likeness (QED) is 0.886. The topological polar surface area (TPSA) is 15.3 Å². The molecule has 1 aromatic carbocycles. The van der Waals surface area contributed by atoms with Gasteiger partial charge in [-0.2, -0.15) is 0 Å². The lowest BCUT2D eigenvalue weighted by Crippen LogP contribution is -2.49. The molecule has 3 aliphatic rings. The number of likely N-dealkylation sites (tertiary alicyclic amines) is 1. The Morgan fingerprint density at radius 2 is 1.87 bits per heavy atom. The van der Waals surface area contributed by atoms with Crippen molar-refractivity contribution in [3.63, 3.8) is 0 Å². The lowest BCUT2D eigenvalue weighted by atomic mass is 9.75. The highest BCUT2D eigenvalue weighted by Crippen LogP contribution is 2.55. The Hall–Kier alpha value is -0.930. The average molecular weight is 316 g/mol. The standard InChI is InChI=1S/C20H29FN2/c21-19-8-6-17(7-9-19)20(15-16-4-5-18(20)14-16)22-10-13-23-11-2-1-3-12-23/h6-9,16,18,22H,1-5,10-15H2/t16-,18+,20+/m0/s1. The van der Waals surface area contributed by atoms with Gasteiger partial charge in [0.05, 0.1) is 0 Å². The van der Waals surface area contributed by atoms with Crippen LogP contribution in [-0.2, 0) is 5.54 Å². The Labute approximate surface area is 139 Å². The molecule has 2 saturated carbocycles. The summed E-state index contributed by atoms with van der Waals surface area (Å²) in [7, 11) is 0. The summed E-state index contributed by atoms with van der Waals surface area (Å²) in [6, 6.07) is 7.30. The van der Waals surface area contributed by atoms with Crippen molar-refractivity contribution in [2.24, 2.45) is 11.8 Å². The van der Waals surface area contributed by atoms with Gasteiger partial charge in [-0.05, 0) is 74.7 Å². The number of rotatable bonds is 5. The first-order chi connectivity index (χ1) is 11.3. The van der Waals surface area contributed by atoms with Gasteiger partial charge < -0.3 is 10.2 Å². The first-order valence-electron chi connectivity index (χ1n) is 9.50. The van der Waals surface area contributed by atoms with E-state index >= 15 is 0 Å². The molecule has 0 aromatic heterocycles. The summed E-state index contributed by atoms with van der Waals surface area (Å²) >= 11 is 0. The van der Waals surface area contributed by atoms with E-state index in [0.29, 0.717) is 0 Å². The summed E-state index contributed by atoms with van der Waals surface area (Å²) in [6.07, 6.45) is 9.42. The number of piperidine rings is 1. The van der Waals surface area contributed by atoms with Gasteiger partial charge in [0.15, 0.2) is 0 Å². The molecule has 2 aliphatic carbocycles. The Balaban J connectivity index is 1.46. The monoisotopic (exact) mass is 316 g/mol. The second-order valence-corrected chi connectivity index (χ2v) is 7.89. The minimum Gasteiger partial charge on any atom is -0.306 e. The molecule has 0 unspecified atom stereocenters. The molecule has 3 heteroatoms. The predicted octanol–water partition coefficient (Wildman–Crippen LogP) is 3.92. The van der Waals surface area contributed by atoms with Crippen LogP contribution in [0, 0.1) is 17.7 Å². The minimum atomic E-state index is -0.125. The van der Waals surface area contributed by atoms with E-state index < -0.39 is 0 Å². The summed E-state index contributed by atoms with van der Waals surface area (Å²) < 4.78 is 13.4. The van der Waals surface area contributed by atoms with Crippen molar-refractivity contribution in [1.82, 2.24) is 10.2 Å². The molecule has 126 valence electrons. The summed E-state index contributed by atoms with van der Waals surface area (Å²) in [5.41, 5.74) is 1.41. The molecule has 2 bridgehead atoms. The first kappa shape index (κ1) is 15.6. The van der Waals surface area contributed by atoms with E-state index in [1.54, 1.807) is 12.1 Å². The predicted molar refractivity (Wildman–Crippen MR) is 91.8 cm³/mol. The van der Waals surface area contributed by atoms with Crippen LogP contribution in [0.25, 0.3) is 0 Å². The number of benzene rings is 1. The molecular formula is C20H29FN2. The summed E-state index contributed by atoms with van der Waals surface area (Å²) in [5.74, 6) is 1.48. The van der Waals surface area contributed by atoms with Gasteiger partial charge in [-0.25, -0.2) is 4.39 Å². The third-order valence-corrected chi connectivity index (χ3v) is 6.53. The fourth-order valence-corrected chi connectivity index (χ4v) is 5.37. The molecule has 4 rings (SSSR count). The Morgan fingerprint density at radius 1 is 1.09 bits per heavy atom. The van der Waals surface area contributed by atoms with Gasteiger partial charge in [0.2, 0.25) is 0 Å². The molecule has 0 amide bonds. The molecule has 3 fully saturated rings. The van der Waals surface area contributed by atoms with Gasteiger partial charge >= 0.3 is 0 Å². The van der Waals surface area contributed by atoms with Crippen molar-refractivity contribution in [1.29, 1.82) is 0 Å². The second-order valence-electron chi connectivity index (χ2n) is 7.89. The van der Waals surface area contributed by atoms with Crippen LogP contribution in [0.4, 0.5) is 4.39 Å². The van der Waals surface area contributed by atoms with Gasteiger partial charge in [-0.15, -0.1) is 0 Å². The fourth-order valence-electron chi connectivity index (χ4n) is 5.37. The van der Waals surface area contributed by atoms with Crippen LogP contribution in [0.2, 0.25) is 0 Å². The van der Waals surface area contributed by atoms with E-state index in [2.05, 4.69) is 10.2 Å². The zero-order valence-electron chi connectivity index (χ0n) is 14.1. The molecule has 0 spiro atoms. The fraction of sp³-hybridized carbons (Fsp3) is 0.700. The van der Waals surface area contributed by atoms with Crippen molar-refractivity contribution >= 4 is 0 Å². The molecule has 1 aromatic rings. The van der Waals surface area contributed by atoms with Crippen LogP contribution < -0.4 is 5.32 Å². The molecule has 0 radical (unpaired) electrons.